The summed E-state index contributed by atoms with van der Waals surface area (Å²) in [4.78, 5) is 4.30. The van der Waals surface area contributed by atoms with Crippen molar-refractivity contribution in [2.45, 2.75) is 19.8 Å². The van der Waals surface area contributed by atoms with E-state index in [1.807, 2.05) is 13.8 Å². The zero-order valence-corrected chi connectivity index (χ0v) is 10.1. The van der Waals surface area contributed by atoms with Gasteiger partial charge < -0.3 is 15.0 Å². The molecule has 0 aliphatic heterocycles. The highest BCUT2D eigenvalue weighted by Gasteiger charge is 2.14. The first-order valence-electron chi connectivity index (χ1n) is 5.39. The molecule has 90 valence electrons. The number of hydrogen-bond donors (Lipinski definition) is 1. The van der Waals surface area contributed by atoms with Crippen molar-refractivity contribution in [3.63, 3.8) is 0 Å². The van der Waals surface area contributed by atoms with E-state index in [1.54, 1.807) is 25.3 Å². The van der Waals surface area contributed by atoms with E-state index in [0.717, 1.165) is 0 Å². The molecule has 0 bridgehead atoms. The minimum absolute atomic E-state index is 0.222. The molecule has 0 spiro atoms. The lowest BCUT2D eigenvalue weighted by Gasteiger charge is -2.03. The van der Waals surface area contributed by atoms with Gasteiger partial charge in [0.15, 0.2) is 5.82 Å². The number of methoxy groups -OCH3 is 1. The van der Waals surface area contributed by atoms with Crippen LogP contribution in [0.2, 0.25) is 0 Å². The third kappa shape index (κ3) is 2.22. The van der Waals surface area contributed by atoms with Gasteiger partial charge in [-0.3, -0.25) is 0 Å². The summed E-state index contributed by atoms with van der Waals surface area (Å²) in [5.74, 6) is 2.02. The van der Waals surface area contributed by atoms with E-state index in [-0.39, 0.29) is 5.92 Å². The molecule has 0 saturated heterocycles. The van der Waals surface area contributed by atoms with Gasteiger partial charge in [-0.05, 0) is 18.2 Å². The smallest absolute Gasteiger partial charge is 0.260 e. The minimum atomic E-state index is 0.222. The standard InChI is InChI=1S/C12H15N3O2/c1-7(2)11-14-12(17-15-11)9-6-8(16-3)4-5-10(9)13/h4-7H,13H2,1-3H3. The van der Waals surface area contributed by atoms with E-state index in [9.17, 15) is 0 Å². The number of hydrogen-bond acceptors (Lipinski definition) is 5. The first-order chi connectivity index (χ1) is 8.11. The van der Waals surface area contributed by atoms with Crippen LogP contribution in [-0.2, 0) is 0 Å². The predicted molar refractivity (Wildman–Crippen MR) is 64.8 cm³/mol. The van der Waals surface area contributed by atoms with Crippen LogP contribution in [0.4, 0.5) is 5.69 Å². The molecule has 1 aromatic heterocycles. The second kappa shape index (κ2) is 4.45. The maximum Gasteiger partial charge on any atom is 0.260 e. The highest BCUT2D eigenvalue weighted by atomic mass is 16.5. The van der Waals surface area contributed by atoms with Crippen molar-refractivity contribution in [3.05, 3.63) is 24.0 Å². The second-order valence-corrected chi connectivity index (χ2v) is 4.07. The first-order valence-corrected chi connectivity index (χ1v) is 5.39. The van der Waals surface area contributed by atoms with E-state index >= 15 is 0 Å². The molecule has 1 heterocycles. The molecule has 2 rings (SSSR count). The molecule has 5 nitrogen and oxygen atoms in total. The zero-order chi connectivity index (χ0) is 12.4. The van der Waals surface area contributed by atoms with Crippen LogP contribution < -0.4 is 10.5 Å². The Morgan fingerprint density at radius 1 is 1.35 bits per heavy atom. The molecule has 5 heteroatoms. The Kier molecular flexibility index (Phi) is 2.99. The normalized spacial score (nSPS) is 10.8. The van der Waals surface area contributed by atoms with Gasteiger partial charge in [0.25, 0.3) is 5.89 Å². The Labute approximate surface area is 99.6 Å². The molecule has 1 aromatic carbocycles. The Morgan fingerprint density at radius 3 is 2.71 bits per heavy atom. The van der Waals surface area contributed by atoms with Gasteiger partial charge in [-0.25, -0.2) is 0 Å². The number of nitrogen functional groups attached to an aromatic ring is 1. The Hall–Kier alpha value is -2.04. The van der Waals surface area contributed by atoms with E-state index in [4.69, 9.17) is 15.0 Å². The van der Waals surface area contributed by atoms with E-state index in [2.05, 4.69) is 10.1 Å². The number of anilines is 1. The maximum atomic E-state index is 5.88. The number of aromatic nitrogens is 2. The van der Waals surface area contributed by atoms with Crippen molar-refractivity contribution in [3.8, 4) is 17.2 Å². The molecule has 0 fully saturated rings. The lowest BCUT2D eigenvalue weighted by atomic mass is 10.1. The lowest BCUT2D eigenvalue weighted by Crippen LogP contribution is -1.93. The summed E-state index contributed by atoms with van der Waals surface area (Å²) in [5, 5.41) is 3.91. The van der Waals surface area contributed by atoms with Crippen LogP contribution in [-0.4, -0.2) is 17.3 Å². The van der Waals surface area contributed by atoms with Gasteiger partial charge in [-0.2, -0.15) is 4.98 Å². The van der Waals surface area contributed by atoms with Crippen LogP contribution in [0.5, 0.6) is 5.75 Å². The number of nitrogens with two attached hydrogens (primary N) is 1. The topological polar surface area (TPSA) is 74.2 Å². The van der Waals surface area contributed by atoms with Crippen molar-refractivity contribution >= 4 is 5.69 Å². The van der Waals surface area contributed by atoms with E-state index in [0.29, 0.717) is 28.7 Å². The van der Waals surface area contributed by atoms with Crippen LogP contribution in [0, 0.1) is 0 Å². The van der Waals surface area contributed by atoms with Gasteiger partial charge >= 0.3 is 0 Å². The van der Waals surface area contributed by atoms with Crippen molar-refractivity contribution in [1.82, 2.24) is 10.1 Å². The minimum Gasteiger partial charge on any atom is -0.497 e. The number of benzene rings is 1. The largest absolute Gasteiger partial charge is 0.497 e. The van der Waals surface area contributed by atoms with E-state index < -0.39 is 0 Å². The fourth-order valence-electron chi connectivity index (χ4n) is 1.43. The summed E-state index contributed by atoms with van der Waals surface area (Å²) in [7, 11) is 1.60. The molecule has 0 amide bonds. The van der Waals surface area contributed by atoms with Gasteiger partial charge in [0, 0.05) is 11.6 Å². The molecule has 2 aromatic rings. The molecule has 0 atom stereocenters. The van der Waals surface area contributed by atoms with Gasteiger partial charge in [0.1, 0.15) is 5.75 Å². The highest BCUT2D eigenvalue weighted by Crippen LogP contribution is 2.29. The Balaban J connectivity index is 2.44. The molecular formula is C12H15N3O2. The van der Waals surface area contributed by atoms with Crippen molar-refractivity contribution in [2.75, 3.05) is 12.8 Å². The first kappa shape index (κ1) is 11.4. The van der Waals surface area contributed by atoms with Crippen LogP contribution in [0.15, 0.2) is 22.7 Å². The number of ether oxygens (including phenoxy) is 1. The third-order valence-corrected chi connectivity index (χ3v) is 2.45. The molecule has 0 aliphatic rings. The Morgan fingerprint density at radius 2 is 2.12 bits per heavy atom. The quantitative estimate of drug-likeness (QED) is 0.824. The Bertz CT molecular complexity index is 520. The molecule has 17 heavy (non-hydrogen) atoms. The second-order valence-electron chi connectivity index (χ2n) is 4.07. The fourth-order valence-corrected chi connectivity index (χ4v) is 1.43. The van der Waals surface area contributed by atoms with Gasteiger partial charge in [-0.15, -0.1) is 0 Å². The lowest BCUT2D eigenvalue weighted by molar-refractivity contribution is 0.411. The summed E-state index contributed by atoms with van der Waals surface area (Å²) < 4.78 is 10.3. The monoisotopic (exact) mass is 233 g/mol. The summed E-state index contributed by atoms with van der Waals surface area (Å²) in [6, 6.07) is 5.33. The van der Waals surface area contributed by atoms with Crippen LogP contribution in [0.3, 0.4) is 0 Å². The van der Waals surface area contributed by atoms with Crippen LogP contribution in [0.25, 0.3) is 11.5 Å². The highest BCUT2D eigenvalue weighted by molar-refractivity contribution is 5.72. The van der Waals surface area contributed by atoms with Crippen molar-refractivity contribution in [2.24, 2.45) is 0 Å². The zero-order valence-electron chi connectivity index (χ0n) is 10.1. The summed E-state index contributed by atoms with van der Waals surface area (Å²) in [5.41, 5.74) is 7.16. The maximum absolute atomic E-state index is 5.88. The molecule has 0 unspecified atom stereocenters. The molecule has 0 saturated carbocycles. The van der Waals surface area contributed by atoms with Gasteiger partial charge in [0.2, 0.25) is 0 Å². The molecule has 0 aliphatic carbocycles. The fraction of sp³-hybridized carbons (Fsp3) is 0.333. The van der Waals surface area contributed by atoms with Crippen LogP contribution >= 0.6 is 0 Å². The SMILES string of the molecule is COc1ccc(N)c(-c2nc(C(C)C)no2)c1. The predicted octanol–water partition coefficient (Wildman–Crippen LogP) is 2.45. The molecule has 2 N–H and O–H groups in total. The number of nitrogens with zero attached hydrogens (tertiary/aromatic N) is 2. The summed E-state index contributed by atoms with van der Waals surface area (Å²) in [6.07, 6.45) is 0. The molecular weight excluding hydrogens is 218 g/mol. The van der Waals surface area contributed by atoms with Crippen molar-refractivity contribution in [1.29, 1.82) is 0 Å². The summed E-state index contributed by atoms with van der Waals surface area (Å²) in [6.45, 7) is 4.01. The van der Waals surface area contributed by atoms with Crippen molar-refractivity contribution < 1.29 is 9.26 Å². The summed E-state index contributed by atoms with van der Waals surface area (Å²) >= 11 is 0. The molecule has 0 radical (unpaired) electrons. The average molecular weight is 233 g/mol. The number of rotatable bonds is 3. The van der Waals surface area contributed by atoms with Crippen LogP contribution in [0.1, 0.15) is 25.6 Å². The third-order valence-electron chi connectivity index (χ3n) is 2.45. The average Bonchev–Trinajstić information content (AvgIpc) is 2.79. The van der Waals surface area contributed by atoms with E-state index in [1.165, 1.54) is 0 Å². The van der Waals surface area contributed by atoms with Gasteiger partial charge in [-0.1, -0.05) is 19.0 Å². The van der Waals surface area contributed by atoms with Gasteiger partial charge in [0.05, 0.1) is 12.7 Å².